The molecular formula is C16H22N4O. The molecule has 0 saturated carbocycles. The standard InChI is InChI=1S/C16H22N4O/c1-11-7-13(8-17)9-19(11)16(21)10-20-12(2)18-14-5-3-4-6-15(14)20/h3-6,11,13H,7-10,17H2,1-2H3. The van der Waals surface area contributed by atoms with Gasteiger partial charge in [-0.05, 0) is 44.9 Å². The molecule has 5 nitrogen and oxygen atoms in total. The van der Waals surface area contributed by atoms with Crippen LogP contribution in [0.4, 0.5) is 0 Å². The van der Waals surface area contributed by atoms with Gasteiger partial charge in [-0.15, -0.1) is 0 Å². The zero-order valence-electron chi connectivity index (χ0n) is 12.6. The fraction of sp³-hybridized carbons (Fsp3) is 0.500. The minimum absolute atomic E-state index is 0.157. The molecule has 1 aromatic heterocycles. The van der Waals surface area contributed by atoms with Gasteiger partial charge in [0.15, 0.2) is 0 Å². The molecule has 0 spiro atoms. The summed E-state index contributed by atoms with van der Waals surface area (Å²) in [5.74, 6) is 1.47. The zero-order valence-corrected chi connectivity index (χ0v) is 12.6. The van der Waals surface area contributed by atoms with Crippen molar-refractivity contribution in [3.05, 3.63) is 30.1 Å². The summed E-state index contributed by atoms with van der Waals surface area (Å²) < 4.78 is 2.00. The Balaban J connectivity index is 1.82. The molecule has 1 fully saturated rings. The Kier molecular flexibility index (Phi) is 3.68. The van der Waals surface area contributed by atoms with Gasteiger partial charge in [-0.25, -0.2) is 4.98 Å². The van der Waals surface area contributed by atoms with E-state index in [2.05, 4.69) is 11.9 Å². The molecule has 0 bridgehead atoms. The van der Waals surface area contributed by atoms with Crippen molar-refractivity contribution in [3.63, 3.8) is 0 Å². The maximum Gasteiger partial charge on any atom is 0.242 e. The molecule has 0 radical (unpaired) electrons. The lowest BCUT2D eigenvalue weighted by Gasteiger charge is -2.22. The van der Waals surface area contributed by atoms with Gasteiger partial charge in [0.05, 0.1) is 11.0 Å². The van der Waals surface area contributed by atoms with E-state index in [0.29, 0.717) is 19.0 Å². The predicted octanol–water partition coefficient (Wildman–Crippen LogP) is 1.54. The summed E-state index contributed by atoms with van der Waals surface area (Å²) >= 11 is 0. The van der Waals surface area contributed by atoms with Crippen LogP contribution in [0.1, 0.15) is 19.2 Å². The number of aromatic nitrogens is 2. The van der Waals surface area contributed by atoms with E-state index in [1.54, 1.807) is 0 Å². The van der Waals surface area contributed by atoms with Crippen molar-refractivity contribution in [2.24, 2.45) is 11.7 Å². The van der Waals surface area contributed by atoms with Crippen molar-refractivity contribution < 1.29 is 4.79 Å². The number of carbonyl (C=O) groups excluding carboxylic acids is 1. The smallest absolute Gasteiger partial charge is 0.242 e. The molecule has 2 unspecified atom stereocenters. The number of hydrogen-bond acceptors (Lipinski definition) is 3. The van der Waals surface area contributed by atoms with Crippen molar-refractivity contribution in [1.82, 2.24) is 14.5 Å². The van der Waals surface area contributed by atoms with Gasteiger partial charge in [-0.1, -0.05) is 12.1 Å². The highest BCUT2D eigenvalue weighted by atomic mass is 16.2. The van der Waals surface area contributed by atoms with Gasteiger partial charge in [-0.3, -0.25) is 4.79 Å². The molecular weight excluding hydrogens is 264 g/mol. The summed E-state index contributed by atoms with van der Waals surface area (Å²) in [6, 6.07) is 8.22. The molecule has 1 saturated heterocycles. The number of nitrogens with two attached hydrogens (primary N) is 1. The number of imidazole rings is 1. The Morgan fingerprint density at radius 1 is 1.43 bits per heavy atom. The third-order valence-electron chi connectivity index (χ3n) is 4.45. The molecule has 2 N–H and O–H groups in total. The largest absolute Gasteiger partial charge is 0.338 e. The molecule has 21 heavy (non-hydrogen) atoms. The quantitative estimate of drug-likeness (QED) is 0.931. The number of aryl methyl sites for hydroxylation is 1. The lowest BCUT2D eigenvalue weighted by molar-refractivity contribution is -0.132. The van der Waals surface area contributed by atoms with E-state index in [-0.39, 0.29) is 11.9 Å². The van der Waals surface area contributed by atoms with Crippen molar-refractivity contribution in [1.29, 1.82) is 0 Å². The molecule has 1 aromatic carbocycles. The first-order chi connectivity index (χ1) is 10.1. The fourth-order valence-corrected chi connectivity index (χ4v) is 3.28. The number of nitrogens with zero attached hydrogens (tertiary/aromatic N) is 3. The minimum atomic E-state index is 0.157. The van der Waals surface area contributed by atoms with Crippen LogP contribution in [0, 0.1) is 12.8 Å². The Bertz CT molecular complexity index is 663. The highest BCUT2D eigenvalue weighted by Crippen LogP contribution is 2.23. The first-order valence-electron chi connectivity index (χ1n) is 7.51. The Morgan fingerprint density at radius 3 is 2.90 bits per heavy atom. The summed E-state index contributed by atoms with van der Waals surface area (Å²) in [6.45, 7) is 5.84. The molecule has 112 valence electrons. The molecule has 1 aliphatic heterocycles. The van der Waals surface area contributed by atoms with Crippen LogP contribution >= 0.6 is 0 Å². The average molecular weight is 286 g/mol. The lowest BCUT2D eigenvalue weighted by Crippen LogP contribution is -2.37. The van der Waals surface area contributed by atoms with E-state index < -0.39 is 0 Å². The molecule has 2 atom stereocenters. The van der Waals surface area contributed by atoms with Crippen LogP contribution in [0.25, 0.3) is 11.0 Å². The van der Waals surface area contributed by atoms with Crippen molar-refractivity contribution in [3.8, 4) is 0 Å². The molecule has 0 aliphatic carbocycles. The van der Waals surface area contributed by atoms with Crippen LogP contribution < -0.4 is 5.73 Å². The second-order valence-corrected chi connectivity index (χ2v) is 5.97. The third-order valence-corrected chi connectivity index (χ3v) is 4.45. The Morgan fingerprint density at radius 2 is 2.19 bits per heavy atom. The van der Waals surface area contributed by atoms with Gasteiger partial charge in [0, 0.05) is 12.6 Å². The van der Waals surface area contributed by atoms with Crippen LogP contribution in [0.15, 0.2) is 24.3 Å². The molecule has 2 heterocycles. The Hall–Kier alpha value is -1.88. The molecule has 1 aliphatic rings. The van der Waals surface area contributed by atoms with Crippen molar-refractivity contribution in [2.75, 3.05) is 13.1 Å². The summed E-state index contributed by atoms with van der Waals surface area (Å²) in [4.78, 5) is 19.1. The van der Waals surface area contributed by atoms with Gasteiger partial charge < -0.3 is 15.2 Å². The summed E-state index contributed by atoms with van der Waals surface area (Å²) in [5, 5.41) is 0. The summed E-state index contributed by atoms with van der Waals surface area (Å²) in [6.07, 6.45) is 1.01. The van der Waals surface area contributed by atoms with Crippen LogP contribution in [0.3, 0.4) is 0 Å². The molecule has 5 heteroatoms. The topological polar surface area (TPSA) is 64.2 Å². The van der Waals surface area contributed by atoms with Crippen LogP contribution in [-0.2, 0) is 11.3 Å². The van der Waals surface area contributed by atoms with E-state index in [1.165, 1.54) is 0 Å². The van der Waals surface area contributed by atoms with Crippen LogP contribution in [0.2, 0.25) is 0 Å². The number of amides is 1. The second kappa shape index (κ2) is 5.48. The number of likely N-dealkylation sites (tertiary alicyclic amines) is 1. The Labute approximate surface area is 124 Å². The second-order valence-electron chi connectivity index (χ2n) is 5.97. The molecule has 3 rings (SSSR count). The number of hydrogen-bond donors (Lipinski definition) is 1. The summed E-state index contributed by atoms with van der Waals surface area (Å²) in [7, 11) is 0. The van der Waals surface area contributed by atoms with Crippen LogP contribution in [-0.4, -0.2) is 39.5 Å². The maximum absolute atomic E-state index is 12.6. The van der Waals surface area contributed by atoms with E-state index in [0.717, 1.165) is 29.8 Å². The van der Waals surface area contributed by atoms with E-state index in [4.69, 9.17) is 5.73 Å². The third kappa shape index (κ3) is 2.53. The lowest BCUT2D eigenvalue weighted by atomic mass is 10.1. The predicted molar refractivity (Wildman–Crippen MR) is 82.8 cm³/mol. The maximum atomic E-state index is 12.6. The number of benzene rings is 1. The SMILES string of the molecule is Cc1nc2ccccc2n1CC(=O)N1CC(CN)CC1C. The summed E-state index contributed by atoms with van der Waals surface area (Å²) in [5.41, 5.74) is 7.70. The number of carbonyl (C=O) groups is 1. The van der Waals surface area contributed by atoms with Gasteiger partial charge in [0.2, 0.25) is 5.91 Å². The minimum Gasteiger partial charge on any atom is -0.338 e. The monoisotopic (exact) mass is 286 g/mol. The van der Waals surface area contributed by atoms with Gasteiger partial charge in [0.1, 0.15) is 12.4 Å². The van der Waals surface area contributed by atoms with Gasteiger partial charge in [0.25, 0.3) is 0 Å². The normalized spacial score (nSPS) is 22.1. The highest BCUT2D eigenvalue weighted by Gasteiger charge is 2.31. The van der Waals surface area contributed by atoms with Gasteiger partial charge >= 0.3 is 0 Å². The highest BCUT2D eigenvalue weighted by molar-refractivity contribution is 5.81. The fourth-order valence-electron chi connectivity index (χ4n) is 3.28. The number of rotatable bonds is 3. The van der Waals surface area contributed by atoms with Gasteiger partial charge in [-0.2, -0.15) is 0 Å². The van der Waals surface area contributed by atoms with E-state index in [9.17, 15) is 4.79 Å². The van der Waals surface area contributed by atoms with Crippen molar-refractivity contribution >= 4 is 16.9 Å². The molecule has 1 amide bonds. The van der Waals surface area contributed by atoms with Crippen LogP contribution in [0.5, 0.6) is 0 Å². The molecule has 2 aromatic rings. The van der Waals surface area contributed by atoms with Crippen molar-refractivity contribution in [2.45, 2.75) is 32.9 Å². The first kappa shape index (κ1) is 14.1. The van der Waals surface area contributed by atoms with E-state index in [1.807, 2.05) is 40.7 Å². The number of para-hydroxylation sites is 2. The zero-order chi connectivity index (χ0) is 15.0. The number of fused-ring (bicyclic) bond motifs is 1. The first-order valence-corrected chi connectivity index (χ1v) is 7.51. The average Bonchev–Trinajstić information content (AvgIpc) is 3.00. The van der Waals surface area contributed by atoms with E-state index >= 15 is 0 Å².